The predicted octanol–water partition coefficient (Wildman–Crippen LogP) is 5.01. The van der Waals surface area contributed by atoms with E-state index in [1.807, 2.05) is 24.3 Å². The first kappa shape index (κ1) is 16.3. The molecule has 0 aromatic heterocycles. The Morgan fingerprint density at radius 2 is 1.68 bits per heavy atom. The molecule has 0 N–H and O–H groups in total. The van der Waals surface area contributed by atoms with Crippen molar-refractivity contribution in [3.05, 3.63) is 35.9 Å². The second-order valence-electron chi connectivity index (χ2n) is 5.39. The minimum atomic E-state index is 0.643. The van der Waals surface area contributed by atoms with Crippen LogP contribution < -0.4 is 9.47 Å². The summed E-state index contributed by atoms with van der Waals surface area (Å²) in [4.78, 5) is 11.4. The molecule has 0 fully saturated rings. The monoisotopic (exact) mass is 300 g/mol. The van der Waals surface area contributed by atoms with E-state index in [1.165, 1.54) is 0 Å². The van der Waals surface area contributed by atoms with Crippen LogP contribution in [0, 0.1) is 0 Å². The quantitative estimate of drug-likeness (QED) is 0.482. The van der Waals surface area contributed by atoms with Crippen LogP contribution in [0.15, 0.2) is 30.3 Å². The average molecular weight is 300 g/mol. The van der Waals surface area contributed by atoms with Gasteiger partial charge in [-0.25, -0.2) is 0 Å². The van der Waals surface area contributed by atoms with Gasteiger partial charge in [-0.15, -0.1) is 0 Å². The van der Waals surface area contributed by atoms with Crippen molar-refractivity contribution in [3.63, 3.8) is 0 Å². The highest BCUT2D eigenvalue weighted by molar-refractivity contribution is 6.01. The number of benzene rings is 2. The van der Waals surface area contributed by atoms with Gasteiger partial charge < -0.3 is 9.47 Å². The molecule has 0 bridgehead atoms. The molecule has 0 saturated heterocycles. The lowest BCUT2D eigenvalue weighted by Crippen LogP contribution is -2.00. The predicted molar refractivity (Wildman–Crippen MR) is 90.1 cm³/mol. The lowest BCUT2D eigenvalue weighted by atomic mass is 10.0. The molecule has 0 spiro atoms. The first-order valence-electron chi connectivity index (χ1n) is 8.07. The van der Waals surface area contributed by atoms with Crippen molar-refractivity contribution in [2.45, 2.75) is 39.5 Å². The molecule has 3 heteroatoms. The number of aldehydes is 1. The van der Waals surface area contributed by atoms with Crippen molar-refractivity contribution in [3.8, 4) is 11.5 Å². The number of carbonyl (C=O) groups excluding carboxylic acids is 1. The maximum Gasteiger partial charge on any atom is 0.150 e. The molecule has 0 heterocycles. The summed E-state index contributed by atoms with van der Waals surface area (Å²) in [7, 11) is 0. The van der Waals surface area contributed by atoms with Crippen LogP contribution in [0.1, 0.15) is 49.9 Å². The van der Waals surface area contributed by atoms with Crippen LogP contribution in [-0.2, 0) is 0 Å². The van der Waals surface area contributed by atoms with Crippen LogP contribution >= 0.6 is 0 Å². The molecule has 0 radical (unpaired) electrons. The number of hydrogen-bond donors (Lipinski definition) is 0. The standard InChI is InChI=1S/C19H24O3/c1-3-5-10-21-16-12-15(14-20)17-8-7-9-19(18(17)13-16)22-11-6-4-2/h7-9,12-14H,3-6,10-11H2,1-2H3. The van der Waals surface area contributed by atoms with Crippen molar-refractivity contribution in [1.82, 2.24) is 0 Å². The van der Waals surface area contributed by atoms with E-state index in [4.69, 9.17) is 9.47 Å². The van der Waals surface area contributed by atoms with Gasteiger partial charge in [0.1, 0.15) is 11.5 Å². The van der Waals surface area contributed by atoms with Gasteiger partial charge in [0.05, 0.1) is 13.2 Å². The Morgan fingerprint density at radius 1 is 0.955 bits per heavy atom. The van der Waals surface area contributed by atoms with E-state index in [0.29, 0.717) is 18.8 Å². The largest absolute Gasteiger partial charge is 0.494 e. The van der Waals surface area contributed by atoms with Crippen LogP contribution in [0.5, 0.6) is 11.5 Å². The minimum Gasteiger partial charge on any atom is -0.494 e. The average Bonchev–Trinajstić information content (AvgIpc) is 2.55. The lowest BCUT2D eigenvalue weighted by molar-refractivity contribution is 0.112. The summed E-state index contributed by atoms with van der Waals surface area (Å²) in [6.45, 7) is 5.61. The molecule has 0 aliphatic heterocycles. The highest BCUT2D eigenvalue weighted by Crippen LogP contribution is 2.32. The molecule has 0 saturated carbocycles. The van der Waals surface area contributed by atoms with Gasteiger partial charge in [0.25, 0.3) is 0 Å². The normalized spacial score (nSPS) is 10.6. The molecule has 22 heavy (non-hydrogen) atoms. The topological polar surface area (TPSA) is 35.5 Å². The number of ether oxygens (including phenoxy) is 2. The summed E-state index contributed by atoms with van der Waals surface area (Å²) in [6, 6.07) is 9.60. The molecule has 2 aromatic carbocycles. The third-order valence-electron chi connectivity index (χ3n) is 3.61. The van der Waals surface area contributed by atoms with Gasteiger partial charge >= 0.3 is 0 Å². The van der Waals surface area contributed by atoms with Crippen molar-refractivity contribution in [1.29, 1.82) is 0 Å². The van der Waals surface area contributed by atoms with Gasteiger partial charge in [-0.1, -0.05) is 38.8 Å². The Labute approximate surface area is 132 Å². The smallest absolute Gasteiger partial charge is 0.150 e. The van der Waals surface area contributed by atoms with Gasteiger partial charge in [-0.2, -0.15) is 0 Å². The molecular formula is C19H24O3. The zero-order valence-electron chi connectivity index (χ0n) is 13.4. The molecule has 3 nitrogen and oxygen atoms in total. The minimum absolute atomic E-state index is 0.643. The third-order valence-corrected chi connectivity index (χ3v) is 3.61. The SMILES string of the molecule is CCCCOc1cc(C=O)c2cccc(OCCCC)c2c1. The summed E-state index contributed by atoms with van der Waals surface area (Å²) in [6.07, 6.45) is 5.08. The van der Waals surface area contributed by atoms with E-state index >= 15 is 0 Å². The molecule has 2 aromatic rings. The van der Waals surface area contributed by atoms with Crippen molar-refractivity contribution < 1.29 is 14.3 Å². The van der Waals surface area contributed by atoms with Crippen molar-refractivity contribution >= 4 is 17.1 Å². The molecular weight excluding hydrogens is 276 g/mol. The second kappa shape index (κ2) is 8.42. The Kier molecular flexibility index (Phi) is 6.26. The molecule has 0 amide bonds. The Morgan fingerprint density at radius 3 is 2.36 bits per heavy atom. The van der Waals surface area contributed by atoms with E-state index in [9.17, 15) is 4.79 Å². The second-order valence-corrected chi connectivity index (χ2v) is 5.39. The van der Waals surface area contributed by atoms with Crippen molar-refractivity contribution in [2.75, 3.05) is 13.2 Å². The zero-order chi connectivity index (χ0) is 15.8. The van der Waals surface area contributed by atoms with Gasteiger partial charge in [0.15, 0.2) is 6.29 Å². The van der Waals surface area contributed by atoms with Crippen LogP contribution in [0.2, 0.25) is 0 Å². The van der Waals surface area contributed by atoms with E-state index in [0.717, 1.165) is 54.2 Å². The number of unbranched alkanes of at least 4 members (excludes halogenated alkanes) is 2. The van der Waals surface area contributed by atoms with Gasteiger partial charge in [-0.05, 0) is 36.4 Å². The highest BCUT2D eigenvalue weighted by atomic mass is 16.5. The number of fused-ring (bicyclic) bond motifs is 1. The van der Waals surface area contributed by atoms with Crippen molar-refractivity contribution in [2.24, 2.45) is 0 Å². The van der Waals surface area contributed by atoms with Crippen LogP contribution in [-0.4, -0.2) is 19.5 Å². The van der Waals surface area contributed by atoms with E-state index in [2.05, 4.69) is 13.8 Å². The Balaban J connectivity index is 2.35. The summed E-state index contributed by atoms with van der Waals surface area (Å²) < 4.78 is 11.6. The van der Waals surface area contributed by atoms with E-state index < -0.39 is 0 Å². The van der Waals surface area contributed by atoms with Gasteiger partial charge in [0, 0.05) is 10.9 Å². The summed E-state index contributed by atoms with van der Waals surface area (Å²) in [5.74, 6) is 1.55. The number of rotatable bonds is 9. The Hall–Kier alpha value is -2.03. The molecule has 0 aliphatic rings. The maximum atomic E-state index is 11.4. The number of carbonyl (C=O) groups is 1. The van der Waals surface area contributed by atoms with Gasteiger partial charge in [0.2, 0.25) is 0 Å². The molecule has 0 unspecified atom stereocenters. The molecule has 0 aliphatic carbocycles. The Bertz CT molecular complexity index is 619. The number of hydrogen-bond acceptors (Lipinski definition) is 3. The highest BCUT2D eigenvalue weighted by Gasteiger charge is 2.09. The molecule has 0 atom stereocenters. The third kappa shape index (κ3) is 4.00. The summed E-state index contributed by atoms with van der Waals surface area (Å²) in [5.41, 5.74) is 0.643. The maximum absolute atomic E-state index is 11.4. The van der Waals surface area contributed by atoms with Crippen LogP contribution in [0.4, 0.5) is 0 Å². The fourth-order valence-corrected chi connectivity index (χ4v) is 2.33. The van der Waals surface area contributed by atoms with Crippen LogP contribution in [0.3, 0.4) is 0 Å². The van der Waals surface area contributed by atoms with E-state index in [1.54, 1.807) is 6.07 Å². The first-order chi connectivity index (χ1) is 10.8. The van der Waals surface area contributed by atoms with Gasteiger partial charge in [-0.3, -0.25) is 4.79 Å². The summed E-state index contributed by atoms with van der Waals surface area (Å²) in [5, 5.41) is 1.85. The zero-order valence-corrected chi connectivity index (χ0v) is 13.4. The first-order valence-corrected chi connectivity index (χ1v) is 8.07. The lowest BCUT2D eigenvalue weighted by Gasteiger charge is -2.13. The van der Waals surface area contributed by atoms with Crippen LogP contribution in [0.25, 0.3) is 10.8 Å². The summed E-state index contributed by atoms with van der Waals surface area (Å²) >= 11 is 0. The fourth-order valence-electron chi connectivity index (χ4n) is 2.33. The molecule has 118 valence electrons. The fraction of sp³-hybridized carbons (Fsp3) is 0.421. The molecule has 2 rings (SSSR count). The van der Waals surface area contributed by atoms with E-state index in [-0.39, 0.29) is 0 Å².